The number of ether oxygens (including phenoxy) is 1. The van der Waals surface area contributed by atoms with Gasteiger partial charge in [-0.05, 0) is 18.2 Å². The number of halogens is 8. The molecule has 0 aliphatic heterocycles. The first-order valence-corrected chi connectivity index (χ1v) is 6.08. The molecule has 0 radical (unpaired) electrons. The van der Waals surface area contributed by atoms with Gasteiger partial charge in [0, 0.05) is 15.6 Å². The van der Waals surface area contributed by atoms with Gasteiger partial charge in [0.15, 0.2) is 0 Å². The highest BCUT2D eigenvalue weighted by Gasteiger charge is 2.38. The lowest BCUT2D eigenvalue weighted by Gasteiger charge is -2.20. The molecule has 11 heteroatoms. The molecule has 0 bridgehead atoms. The van der Waals surface area contributed by atoms with Gasteiger partial charge in [0.2, 0.25) is 6.29 Å². The lowest BCUT2D eigenvalue weighted by atomic mass is 10.2. The van der Waals surface area contributed by atoms with Gasteiger partial charge < -0.3 is 0 Å². The molecule has 0 fully saturated rings. The van der Waals surface area contributed by atoms with Crippen molar-refractivity contribution in [1.29, 1.82) is 0 Å². The third-order valence-corrected chi connectivity index (χ3v) is 2.52. The molecule has 0 N–H and O–H groups in total. The van der Waals surface area contributed by atoms with E-state index in [1.807, 2.05) is 0 Å². The highest BCUT2D eigenvalue weighted by Crippen LogP contribution is 2.39. The number of hydrogen-bond donors (Lipinski definition) is 0. The second-order valence-electron chi connectivity index (χ2n) is 3.22. The van der Waals surface area contributed by atoms with Crippen molar-refractivity contribution < 1.29 is 35.3 Å². The first-order valence-electron chi connectivity index (χ1n) is 4.58. The highest BCUT2D eigenvalue weighted by atomic mass is 35.5. The molecule has 1 aromatic rings. The van der Waals surface area contributed by atoms with E-state index in [4.69, 9.17) is 23.2 Å². The Bertz CT molecular complexity index is 444. The van der Waals surface area contributed by atoms with Crippen LogP contribution in [0, 0.1) is 0 Å². The van der Waals surface area contributed by atoms with Crippen LogP contribution in [-0.2, 0) is 8.92 Å². The third kappa shape index (κ3) is 6.89. The Morgan fingerprint density at radius 2 is 1.45 bits per heavy atom. The highest BCUT2D eigenvalue weighted by molar-refractivity contribution is 7.95. The largest absolute Gasteiger partial charge is 0.525 e. The van der Waals surface area contributed by atoms with Gasteiger partial charge in [-0.1, -0.05) is 23.2 Å². The molecule has 1 unspecified atom stereocenters. The fourth-order valence-electron chi connectivity index (χ4n) is 1.07. The van der Waals surface area contributed by atoms with Gasteiger partial charge in [0.25, 0.3) is 0 Å². The Morgan fingerprint density at radius 3 is 1.85 bits per heavy atom. The molecule has 1 aromatic carbocycles. The first kappa shape index (κ1) is 17.7. The van der Waals surface area contributed by atoms with Crippen molar-refractivity contribution in [2.24, 2.45) is 0 Å². The quantitative estimate of drug-likeness (QED) is 0.389. The second-order valence-corrected chi connectivity index (χ2v) is 4.92. The van der Waals surface area contributed by atoms with Crippen molar-refractivity contribution >= 4 is 35.2 Å². The molecule has 0 spiro atoms. The zero-order valence-corrected chi connectivity index (χ0v) is 11.4. The summed E-state index contributed by atoms with van der Waals surface area (Å²) in [6.07, 6.45) is -7.57. The molecule has 0 saturated heterocycles. The SMILES string of the molecule is FC(F)(F)OC(OSC(F)(F)F)c1cc(Cl)cc(Cl)c1. The molecule has 0 saturated carbocycles. The molecule has 1 rings (SSSR count). The van der Waals surface area contributed by atoms with Crippen LogP contribution in [0.25, 0.3) is 0 Å². The Balaban J connectivity index is 2.97. The van der Waals surface area contributed by atoms with E-state index < -0.39 is 35.8 Å². The summed E-state index contributed by atoms with van der Waals surface area (Å²) in [5.74, 6) is 0. The summed E-state index contributed by atoms with van der Waals surface area (Å²) in [6.45, 7) is 0. The van der Waals surface area contributed by atoms with Crippen molar-refractivity contribution in [3.8, 4) is 0 Å². The van der Waals surface area contributed by atoms with Crippen molar-refractivity contribution in [2.45, 2.75) is 18.2 Å². The van der Waals surface area contributed by atoms with Crippen LogP contribution in [0.1, 0.15) is 11.9 Å². The Hall–Kier alpha value is -0.350. The van der Waals surface area contributed by atoms with Crippen LogP contribution in [0.4, 0.5) is 26.3 Å². The van der Waals surface area contributed by atoms with Crippen LogP contribution < -0.4 is 0 Å². The van der Waals surface area contributed by atoms with Crippen LogP contribution >= 0.6 is 35.2 Å². The summed E-state index contributed by atoms with van der Waals surface area (Å²) < 4.78 is 79.9. The zero-order valence-electron chi connectivity index (χ0n) is 9.06. The summed E-state index contributed by atoms with van der Waals surface area (Å²) in [6, 6.07) is 3.08. The van der Waals surface area contributed by atoms with Gasteiger partial charge in [-0.15, -0.1) is 13.2 Å². The maximum absolute atomic E-state index is 12.2. The van der Waals surface area contributed by atoms with Gasteiger partial charge >= 0.3 is 11.9 Å². The van der Waals surface area contributed by atoms with E-state index in [9.17, 15) is 26.3 Å². The topological polar surface area (TPSA) is 18.5 Å². The lowest BCUT2D eigenvalue weighted by molar-refractivity contribution is -0.369. The van der Waals surface area contributed by atoms with Gasteiger partial charge in [-0.25, -0.2) is 0 Å². The van der Waals surface area contributed by atoms with Crippen LogP contribution in [-0.4, -0.2) is 11.9 Å². The Morgan fingerprint density at radius 1 is 0.950 bits per heavy atom. The van der Waals surface area contributed by atoms with Gasteiger partial charge in [0.1, 0.15) is 12.0 Å². The maximum atomic E-state index is 12.2. The fourth-order valence-corrected chi connectivity index (χ4v) is 1.96. The van der Waals surface area contributed by atoms with E-state index in [-0.39, 0.29) is 10.0 Å². The van der Waals surface area contributed by atoms with Crippen molar-refractivity contribution in [3.63, 3.8) is 0 Å². The van der Waals surface area contributed by atoms with E-state index in [0.29, 0.717) is 0 Å². The van der Waals surface area contributed by atoms with Crippen molar-refractivity contribution in [2.75, 3.05) is 0 Å². The van der Waals surface area contributed by atoms with Crippen LogP contribution in [0.2, 0.25) is 10.0 Å². The van der Waals surface area contributed by atoms with Crippen LogP contribution in [0.15, 0.2) is 18.2 Å². The number of rotatable bonds is 4. The molecule has 1 atom stereocenters. The van der Waals surface area contributed by atoms with E-state index >= 15 is 0 Å². The summed E-state index contributed by atoms with van der Waals surface area (Å²) in [5.41, 5.74) is -5.30. The normalized spacial score (nSPS) is 14.4. The molecule has 0 amide bonds. The molecule has 20 heavy (non-hydrogen) atoms. The predicted octanol–water partition coefficient (Wildman–Crippen LogP) is 5.71. The average Bonchev–Trinajstić information content (AvgIpc) is 2.20. The minimum Gasteiger partial charge on any atom is -0.271 e. The van der Waals surface area contributed by atoms with E-state index in [1.54, 1.807) is 0 Å². The molecule has 2 nitrogen and oxygen atoms in total. The van der Waals surface area contributed by atoms with Crippen LogP contribution in [0.5, 0.6) is 0 Å². The van der Waals surface area contributed by atoms with E-state index in [0.717, 1.165) is 12.1 Å². The number of benzene rings is 1. The Labute approximate surface area is 123 Å². The van der Waals surface area contributed by atoms with Crippen molar-refractivity contribution in [1.82, 2.24) is 0 Å². The summed E-state index contributed by atoms with van der Waals surface area (Å²) in [7, 11) is 0. The summed E-state index contributed by atoms with van der Waals surface area (Å²) in [5, 5.41) is -0.159. The average molecular weight is 361 g/mol. The van der Waals surface area contributed by atoms with Gasteiger partial charge in [0.05, 0.1) is 0 Å². The van der Waals surface area contributed by atoms with Gasteiger partial charge in [-0.3, -0.25) is 8.92 Å². The molecule has 0 aromatic heterocycles. The molecule has 0 aliphatic carbocycles. The number of alkyl halides is 6. The monoisotopic (exact) mass is 360 g/mol. The molecule has 0 aliphatic rings. The van der Waals surface area contributed by atoms with E-state index in [1.165, 1.54) is 6.07 Å². The molecule has 114 valence electrons. The Kier molecular flexibility index (Phi) is 5.85. The summed E-state index contributed by atoms with van der Waals surface area (Å²) in [4.78, 5) is 0. The minimum atomic E-state index is -5.20. The first-order chi connectivity index (χ1) is 8.96. The molecular formula is C9H4Cl2F6O2S. The lowest BCUT2D eigenvalue weighted by Crippen LogP contribution is -2.20. The molecule has 0 heterocycles. The third-order valence-electron chi connectivity index (χ3n) is 1.63. The maximum Gasteiger partial charge on any atom is 0.525 e. The summed E-state index contributed by atoms with van der Waals surface area (Å²) >= 11 is 9.98. The molecular weight excluding hydrogens is 357 g/mol. The predicted molar refractivity (Wildman–Crippen MR) is 61.1 cm³/mol. The van der Waals surface area contributed by atoms with Gasteiger partial charge in [-0.2, -0.15) is 13.2 Å². The minimum absolute atomic E-state index is 0.0797. The van der Waals surface area contributed by atoms with E-state index in [2.05, 4.69) is 8.92 Å². The fraction of sp³-hybridized carbons (Fsp3) is 0.333. The standard InChI is InChI=1S/C9H4Cl2F6O2S/c10-5-1-4(2-6(11)3-5)7(18-8(12,13)14)19-20-9(15,16)17/h1-3,7H. The second kappa shape index (κ2) is 6.61. The van der Waals surface area contributed by atoms with Crippen LogP contribution in [0.3, 0.4) is 0 Å². The zero-order chi connectivity index (χ0) is 15.6. The smallest absolute Gasteiger partial charge is 0.271 e. The van der Waals surface area contributed by atoms with Crippen molar-refractivity contribution in [3.05, 3.63) is 33.8 Å². The number of hydrogen-bond acceptors (Lipinski definition) is 3.